The summed E-state index contributed by atoms with van der Waals surface area (Å²) in [7, 11) is 0. The third kappa shape index (κ3) is 4.82. The van der Waals surface area contributed by atoms with Gasteiger partial charge >= 0.3 is 6.09 Å². The van der Waals surface area contributed by atoms with E-state index < -0.39 is 0 Å². The number of benzene rings is 1. The molecule has 8 nitrogen and oxygen atoms in total. The lowest BCUT2D eigenvalue weighted by molar-refractivity contribution is 0.0942. The van der Waals surface area contributed by atoms with Crippen LogP contribution in [0, 0.1) is 5.92 Å². The average Bonchev–Trinajstić information content (AvgIpc) is 3.66. The fourth-order valence-corrected chi connectivity index (χ4v) is 5.25. The maximum absolute atomic E-state index is 12.5. The second-order valence-corrected chi connectivity index (χ2v) is 10.3. The minimum Gasteiger partial charge on any atom is -0.445 e. The first kappa shape index (κ1) is 23.0. The number of rotatable bonds is 7. The highest BCUT2D eigenvalue weighted by atomic mass is 16.6. The predicted octanol–water partition coefficient (Wildman–Crippen LogP) is 4.19. The number of carbonyl (C=O) groups is 1. The van der Waals surface area contributed by atoms with Crippen molar-refractivity contribution >= 4 is 11.8 Å². The number of hydrogen-bond donors (Lipinski definition) is 1. The molecule has 0 unspecified atom stereocenters. The molecule has 3 aromatic rings. The summed E-state index contributed by atoms with van der Waals surface area (Å²) in [5.41, 5.74) is 11.3. The quantitative estimate of drug-likeness (QED) is 0.539. The fourth-order valence-electron chi connectivity index (χ4n) is 5.25. The van der Waals surface area contributed by atoms with E-state index in [1.165, 1.54) is 24.1 Å². The van der Waals surface area contributed by atoms with Crippen LogP contribution >= 0.6 is 0 Å². The Labute approximate surface area is 212 Å². The van der Waals surface area contributed by atoms with E-state index in [9.17, 15) is 4.79 Å². The van der Waals surface area contributed by atoms with Crippen LogP contribution in [0.25, 0.3) is 11.3 Å². The summed E-state index contributed by atoms with van der Waals surface area (Å²) in [5.74, 6) is 1.21. The molecular formula is C28H34N6O2. The number of amides is 1. The lowest BCUT2D eigenvalue weighted by Crippen LogP contribution is -2.49. The van der Waals surface area contributed by atoms with Crippen LogP contribution in [-0.4, -0.2) is 58.5 Å². The van der Waals surface area contributed by atoms with Crippen molar-refractivity contribution in [3.63, 3.8) is 0 Å². The summed E-state index contributed by atoms with van der Waals surface area (Å²) in [6.07, 6.45) is 8.60. The fraction of sp³-hybridized carbons (Fsp3) is 0.464. The molecule has 1 aliphatic heterocycles. The Bertz CT molecular complexity index is 1180. The first-order chi connectivity index (χ1) is 17.7. The van der Waals surface area contributed by atoms with Gasteiger partial charge in [0.05, 0.1) is 29.3 Å². The molecule has 0 radical (unpaired) electrons. The van der Waals surface area contributed by atoms with Crippen molar-refractivity contribution in [2.75, 3.05) is 37.6 Å². The van der Waals surface area contributed by atoms with E-state index in [0.717, 1.165) is 49.4 Å². The van der Waals surface area contributed by atoms with E-state index in [0.29, 0.717) is 37.6 Å². The Hall–Kier alpha value is -3.39. The molecule has 3 heterocycles. The van der Waals surface area contributed by atoms with Crippen LogP contribution in [0.3, 0.4) is 0 Å². The van der Waals surface area contributed by atoms with Gasteiger partial charge in [0.1, 0.15) is 6.61 Å². The molecule has 1 saturated heterocycles. The molecule has 3 fully saturated rings. The molecule has 2 N–H and O–H groups in total. The van der Waals surface area contributed by atoms with Crippen molar-refractivity contribution in [2.45, 2.75) is 44.2 Å². The Balaban J connectivity index is 1.06. The SMILES string of the molecule is NCC1CC(n2cc(-c3ccc(N4CCN(C(=O)OCc5ccccc5)CC4)cn3)c(C3CC3)n2)C1. The monoisotopic (exact) mass is 486 g/mol. The van der Waals surface area contributed by atoms with Gasteiger partial charge in [-0.25, -0.2) is 4.79 Å². The zero-order chi connectivity index (χ0) is 24.5. The van der Waals surface area contributed by atoms with Crippen LogP contribution in [0.1, 0.15) is 48.9 Å². The van der Waals surface area contributed by atoms with Gasteiger partial charge in [-0.1, -0.05) is 30.3 Å². The Kier molecular flexibility index (Phi) is 6.35. The van der Waals surface area contributed by atoms with Crippen LogP contribution in [-0.2, 0) is 11.3 Å². The molecule has 2 aromatic heterocycles. The van der Waals surface area contributed by atoms with E-state index in [1.807, 2.05) is 36.5 Å². The lowest BCUT2D eigenvalue weighted by atomic mass is 9.80. The van der Waals surface area contributed by atoms with Crippen LogP contribution in [0.2, 0.25) is 0 Å². The Morgan fingerprint density at radius 2 is 1.81 bits per heavy atom. The lowest BCUT2D eigenvalue weighted by Gasteiger charge is -2.35. The standard InChI is InChI=1S/C28H34N6O2/c29-16-21-14-24(15-21)34-18-25(27(31-34)22-6-7-22)26-9-8-23(17-30-26)32-10-12-33(13-11-32)28(35)36-19-20-4-2-1-3-5-20/h1-5,8-9,17-18,21-22,24H,6-7,10-16,19,29H2. The molecule has 0 spiro atoms. The van der Waals surface area contributed by atoms with E-state index in [4.69, 9.17) is 20.6 Å². The topological polar surface area (TPSA) is 89.5 Å². The largest absolute Gasteiger partial charge is 0.445 e. The smallest absolute Gasteiger partial charge is 0.410 e. The molecule has 0 bridgehead atoms. The van der Waals surface area contributed by atoms with Crippen molar-refractivity contribution in [1.82, 2.24) is 19.7 Å². The second kappa shape index (κ2) is 9.93. The number of piperazine rings is 1. The summed E-state index contributed by atoms with van der Waals surface area (Å²) in [4.78, 5) is 21.4. The number of carbonyl (C=O) groups excluding carboxylic acids is 1. The third-order valence-electron chi connectivity index (χ3n) is 7.77. The van der Waals surface area contributed by atoms with Gasteiger partial charge in [0.25, 0.3) is 0 Å². The molecule has 8 heteroatoms. The average molecular weight is 487 g/mol. The molecule has 3 aliphatic rings. The van der Waals surface area contributed by atoms with Crippen molar-refractivity contribution in [3.8, 4) is 11.3 Å². The number of hydrogen-bond acceptors (Lipinski definition) is 6. The van der Waals surface area contributed by atoms with Gasteiger partial charge in [0.2, 0.25) is 0 Å². The molecule has 0 atom stereocenters. The number of aromatic nitrogens is 3. The number of pyridine rings is 1. The van der Waals surface area contributed by atoms with E-state index in [-0.39, 0.29) is 6.09 Å². The zero-order valence-corrected chi connectivity index (χ0v) is 20.6. The highest BCUT2D eigenvalue weighted by Gasteiger charge is 2.34. The number of nitrogens with zero attached hydrogens (tertiary/aromatic N) is 5. The maximum Gasteiger partial charge on any atom is 0.410 e. The van der Waals surface area contributed by atoms with E-state index in [2.05, 4.69) is 27.9 Å². The highest BCUT2D eigenvalue weighted by molar-refractivity contribution is 5.68. The Morgan fingerprint density at radius 3 is 2.47 bits per heavy atom. The minimum atomic E-state index is -0.249. The molecule has 2 aliphatic carbocycles. The van der Waals surface area contributed by atoms with Gasteiger partial charge in [0, 0.05) is 43.9 Å². The minimum absolute atomic E-state index is 0.249. The van der Waals surface area contributed by atoms with Gasteiger partial charge in [0.15, 0.2) is 0 Å². The third-order valence-corrected chi connectivity index (χ3v) is 7.77. The molecule has 1 aromatic carbocycles. The van der Waals surface area contributed by atoms with Crippen molar-refractivity contribution < 1.29 is 9.53 Å². The van der Waals surface area contributed by atoms with Crippen molar-refractivity contribution in [1.29, 1.82) is 0 Å². The van der Waals surface area contributed by atoms with Crippen LogP contribution < -0.4 is 10.6 Å². The summed E-state index contributed by atoms with van der Waals surface area (Å²) < 4.78 is 7.66. The summed E-state index contributed by atoms with van der Waals surface area (Å²) >= 11 is 0. The molecular weight excluding hydrogens is 452 g/mol. The maximum atomic E-state index is 12.5. The molecule has 1 amide bonds. The Morgan fingerprint density at radius 1 is 1.03 bits per heavy atom. The molecule has 36 heavy (non-hydrogen) atoms. The van der Waals surface area contributed by atoms with Gasteiger partial charge in [-0.05, 0) is 55.8 Å². The van der Waals surface area contributed by atoms with Gasteiger partial charge < -0.3 is 20.3 Å². The normalized spacial score (nSPS) is 21.8. The summed E-state index contributed by atoms with van der Waals surface area (Å²) in [5, 5.41) is 4.99. The van der Waals surface area contributed by atoms with Crippen LogP contribution in [0.5, 0.6) is 0 Å². The van der Waals surface area contributed by atoms with Crippen LogP contribution in [0.4, 0.5) is 10.5 Å². The first-order valence-corrected chi connectivity index (χ1v) is 13.1. The van der Waals surface area contributed by atoms with Crippen LogP contribution in [0.15, 0.2) is 54.9 Å². The van der Waals surface area contributed by atoms with Gasteiger partial charge in [-0.2, -0.15) is 5.10 Å². The summed E-state index contributed by atoms with van der Waals surface area (Å²) in [6, 6.07) is 14.5. The summed E-state index contributed by atoms with van der Waals surface area (Å²) in [6.45, 7) is 3.87. The van der Waals surface area contributed by atoms with Gasteiger partial charge in [-0.3, -0.25) is 9.67 Å². The van der Waals surface area contributed by atoms with Crippen molar-refractivity contribution in [2.24, 2.45) is 11.7 Å². The predicted molar refractivity (Wildman–Crippen MR) is 139 cm³/mol. The molecule has 6 rings (SSSR count). The van der Waals surface area contributed by atoms with E-state index in [1.54, 1.807) is 4.90 Å². The molecule has 188 valence electrons. The van der Waals surface area contributed by atoms with E-state index >= 15 is 0 Å². The number of ether oxygens (including phenoxy) is 1. The first-order valence-electron chi connectivity index (χ1n) is 13.1. The molecule has 2 saturated carbocycles. The number of nitrogens with two attached hydrogens (primary N) is 1. The number of anilines is 1. The van der Waals surface area contributed by atoms with Gasteiger partial charge in [-0.15, -0.1) is 0 Å². The second-order valence-electron chi connectivity index (χ2n) is 10.3. The highest BCUT2D eigenvalue weighted by Crippen LogP contribution is 2.45. The zero-order valence-electron chi connectivity index (χ0n) is 20.6. The van der Waals surface area contributed by atoms with Crippen molar-refractivity contribution in [3.05, 3.63) is 66.1 Å².